The molecule has 0 bridgehead atoms. The molecule has 0 saturated heterocycles. The van der Waals surface area contributed by atoms with Crippen LogP contribution in [0.1, 0.15) is 20.8 Å². The second kappa shape index (κ2) is 5.83. The first-order chi connectivity index (χ1) is 5.65. The van der Waals surface area contributed by atoms with E-state index in [-0.39, 0.29) is 12.3 Å². The van der Waals surface area contributed by atoms with Gasteiger partial charge in [-0.05, 0) is 27.8 Å². The quantitative estimate of drug-likeness (QED) is 0.647. The van der Waals surface area contributed by atoms with Crippen molar-refractivity contribution in [2.24, 2.45) is 0 Å². The Morgan fingerprint density at radius 3 is 2.33 bits per heavy atom. The maximum absolute atomic E-state index is 11.2. The highest BCUT2D eigenvalue weighted by Crippen LogP contribution is 1.95. The topological polar surface area (TPSA) is 41.6 Å². The molecule has 4 nitrogen and oxygen atoms in total. The van der Waals surface area contributed by atoms with Gasteiger partial charge < -0.3 is 9.64 Å². The van der Waals surface area contributed by atoms with Gasteiger partial charge >= 0.3 is 6.09 Å². The summed E-state index contributed by atoms with van der Waals surface area (Å²) in [5.74, 6) is 0. The zero-order chi connectivity index (χ0) is 9.56. The number of nitrogens with one attached hydrogen (secondary N) is 1. The average Bonchev–Trinajstić information content (AvgIpc) is 2.06. The van der Waals surface area contributed by atoms with Crippen LogP contribution in [0.4, 0.5) is 4.79 Å². The number of rotatable bonds is 4. The number of ether oxygens (including phenoxy) is 1. The van der Waals surface area contributed by atoms with Gasteiger partial charge in [-0.2, -0.15) is 0 Å². The number of amides is 1. The fraction of sp³-hybridized carbons (Fsp3) is 0.875. The Kier molecular flexibility index (Phi) is 5.45. The molecule has 0 rings (SSSR count). The highest BCUT2D eigenvalue weighted by atomic mass is 16.6. The summed E-state index contributed by atoms with van der Waals surface area (Å²) < 4.78 is 5.02. The lowest BCUT2D eigenvalue weighted by Crippen LogP contribution is -2.37. The zero-order valence-corrected chi connectivity index (χ0v) is 8.26. The van der Waals surface area contributed by atoms with Crippen molar-refractivity contribution in [3.8, 4) is 0 Å². The molecular formula is C8H18N2O2. The third-order valence-corrected chi connectivity index (χ3v) is 1.71. The molecule has 0 aliphatic carbocycles. The second-order valence-corrected chi connectivity index (χ2v) is 2.49. The van der Waals surface area contributed by atoms with Gasteiger partial charge in [0.05, 0.1) is 0 Å². The standard InChI is InChI=1S/C8H18N2O2/c1-5-10(6-2)8(11)12-7(3)9-4/h7,9H,5-6H2,1-4H3. The van der Waals surface area contributed by atoms with Crippen LogP contribution >= 0.6 is 0 Å². The summed E-state index contributed by atoms with van der Waals surface area (Å²) in [5.41, 5.74) is 0. The van der Waals surface area contributed by atoms with Crippen molar-refractivity contribution in [2.45, 2.75) is 27.0 Å². The van der Waals surface area contributed by atoms with Gasteiger partial charge in [-0.3, -0.25) is 5.32 Å². The summed E-state index contributed by atoms with van der Waals surface area (Å²) in [7, 11) is 1.75. The lowest BCUT2D eigenvalue weighted by atomic mass is 10.5. The SMILES string of the molecule is CCN(CC)C(=O)OC(C)NC. The molecule has 0 aliphatic heterocycles. The van der Waals surface area contributed by atoms with Gasteiger partial charge in [0.15, 0.2) is 6.23 Å². The van der Waals surface area contributed by atoms with Crippen molar-refractivity contribution in [1.29, 1.82) is 0 Å². The highest BCUT2D eigenvalue weighted by molar-refractivity contribution is 5.67. The fourth-order valence-electron chi connectivity index (χ4n) is 0.766. The third kappa shape index (κ3) is 3.57. The molecule has 0 saturated carbocycles. The first-order valence-electron chi connectivity index (χ1n) is 4.28. The number of carbonyl (C=O) groups excluding carboxylic acids is 1. The van der Waals surface area contributed by atoms with Crippen LogP contribution in [-0.4, -0.2) is 37.4 Å². The molecule has 0 aromatic rings. The third-order valence-electron chi connectivity index (χ3n) is 1.71. The minimum atomic E-state index is -0.262. The Bertz CT molecular complexity index is 135. The van der Waals surface area contributed by atoms with E-state index in [1.54, 1.807) is 18.9 Å². The van der Waals surface area contributed by atoms with Crippen molar-refractivity contribution in [3.05, 3.63) is 0 Å². The Hall–Kier alpha value is -0.770. The predicted molar refractivity (Wildman–Crippen MR) is 47.9 cm³/mol. The van der Waals surface area contributed by atoms with Crippen LogP contribution in [0.5, 0.6) is 0 Å². The van der Waals surface area contributed by atoms with E-state index >= 15 is 0 Å². The number of nitrogens with zero attached hydrogens (tertiary/aromatic N) is 1. The lowest BCUT2D eigenvalue weighted by Gasteiger charge is -2.20. The van der Waals surface area contributed by atoms with Crippen LogP contribution in [0, 0.1) is 0 Å². The second-order valence-electron chi connectivity index (χ2n) is 2.49. The molecule has 0 aliphatic rings. The van der Waals surface area contributed by atoms with Gasteiger partial charge in [0.25, 0.3) is 0 Å². The van der Waals surface area contributed by atoms with E-state index in [9.17, 15) is 4.79 Å². The molecule has 0 aromatic carbocycles. The van der Waals surface area contributed by atoms with Crippen LogP contribution in [0.15, 0.2) is 0 Å². The van der Waals surface area contributed by atoms with Gasteiger partial charge in [-0.25, -0.2) is 4.79 Å². The minimum Gasteiger partial charge on any atom is -0.431 e. The monoisotopic (exact) mass is 174 g/mol. The summed E-state index contributed by atoms with van der Waals surface area (Å²) in [6, 6.07) is 0. The smallest absolute Gasteiger partial charge is 0.411 e. The summed E-state index contributed by atoms with van der Waals surface area (Å²) in [4.78, 5) is 12.9. The summed E-state index contributed by atoms with van der Waals surface area (Å²) in [6.07, 6.45) is -0.486. The largest absolute Gasteiger partial charge is 0.431 e. The van der Waals surface area contributed by atoms with Gasteiger partial charge in [0, 0.05) is 13.1 Å². The first kappa shape index (κ1) is 11.2. The van der Waals surface area contributed by atoms with Gasteiger partial charge in [0.1, 0.15) is 0 Å². The van der Waals surface area contributed by atoms with E-state index in [0.717, 1.165) is 0 Å². The number of hydrogen-bond acceptors (Lipinski definition) is 3. The summed E-state index contributed by atoms with van der Waals surface area (Å²) in [5, 5.41) is 2.83. The predicted octanol–water partition coefficient (Wildman–Crippen LogP) is 1.03. The van der Waals surface area contributed by atoms with E-state index in [1.807, 2.05) is 13.8 Å². The molecule has 0 heterocycles. The van der Waals surface area contributed by atoms with Crippen LogP contribution in [0.25, 0.3) is 0 Å². The Morgan fingerprint density at radius 1 is 1.50 bits per heavy atom. The van der Waals surface area contributed by atoms with Gasteiger partial charge in [-0.15, -0.1) is 0 Å². The fourth-order valence-corrected chi connectivity index (χ4v) is 0.766. The number of hydrogen-bond donors (Lipinski definition) is 1. The van der Waals surface area contributed by atoms with Crippen molar-refractivity contribution >= 4 is 6.09 Å². The summed E-state index contributed by atoms with van der Waals surface area (Å²) in [6.45, 7) is 7.02. The average molecular weight is 174 g/mol. The molecule has 72 valence electrons. The van der Waals surface area contributed by atoms with E-state index in [1.165, 1.54) is 0 Å². The molecule has 4 heteroatoms. The lowest BCUT2D eigenvalue weighted by molar-refractivity contribution is 0.0619. The normalized spacial score (nSPS) is 12.3. The molecular weight excluding hydrogens is 156 g/mol. The van der Waals surface area contributed by atoms with E-state index in [2.05, 4.69) is 5.32 Å². The van der Waals surface area contributed by atoms with E-state index < -0.39 is 0 Å². The maximum atomic E-state index is 11.2. The van der Waals surface area contributed by atoms with Crippen molar-refractivity contribution in [2.75, 3.05) is 20.1 Å². The Balaban J connectivity index is 3.84. The summed E-state index contributed by atoms with van der Waals surface area (Å²) >= 11 is 0. The molecule has 1 atom stereocenters. The molecule has 12 heavy (non-hydrogen) atoms. The molecule has 0 spiro atoms. The molecule has 0 fully saturated rings. The molecule has 0 aromatic heterocycles. The van der Waals surface area contributed by atoms with Crippen LogP contribution < -0.4 is 5.32 Å². The Morgan fingerprint density at radius 2 is 2.00 bits per heavy atom. The van der Waals surface area contributed by atoms with Crippen molar-refractivity contribution < 1.29 is 9.53 Å². The Labute approximate surface area is 73.9 Å². The molecule has 0 radical (unpaired) electrons. The van der Waals surface area contributed by atoms with E-state index in [0.29, 0.717) is 13.1 Å². The highest BCUT2D eigenvalue weighted by Gasteiger charge is 2.12. The van der Waals surface area contributed by atoms with Crippen molar-refractivity contribution in [3.63, 3.8) is 0 Å². The maximum Gasteiger partial charge on any atom is 0.411 e. The minimum absolute atomic E-state index is 0.224. The van der Waals surface area contributed by atoms with Crippen LogP contribution in [-0.2, 0) is 4.74 Å². The van der Waals surface area contributed by atoms with Crippen LogP contribution in [0.3, 0.4) is 0 Å². The van der Waals surface area contributed by atoms with Gasteiger partial charge in [-0.1, -0.05) is 0 Å². The first-order valence-corrected chi connectivity index (χ1v) is 4.28. The molecule has 1 amide bonds. The number of carbonyl (C=O) groups is 1. The molecule has 1 unspecified atom stereocenters. The zero-order valence-electron chi connectivity index (χ0n) is 8.26. The van der Waals surface area contributed by atoms with E-state index in [4.69, 9.17) is 4.74 Å². The van der Waals surface area contributed by atoms with Gasteiger partial charge in [0.2, 0.25) is 0 Å². The van der Waals surface area contributed by atoms with Crippen molar-refractivity contribution in [1.82, 2.24) is 10.2 Å². The molecule has 1 N–H and O–H groups in total. The van der Waals surface area contributed by atoms with Crippen LogP contribution in [0.2, 0.25) is 0 Å².